The number of rotatable bonds is 5. The van der Waals surface area contributed by atoms with E-state index in [-0.39, 0.29) is 0 Å². The lowest BCUT2D eigenvalue weighted by atomic mass is 10.3. The van der Waals surface area contributed by atoms with Gasteiger partial charge in [-0.15, -0.1) is 0 Å². The Morgan fingerprint density at radius 3 is 2.56 bits per heavy atom. The van der Waals surface area contributed by atoms with Crippen molar-refractivity contribution in [2.45, 2.75) is 26.4 Å². The lowest BCUT2D eigenvalue weighted by Crippen LogP contribution is -2.35. The fraction of sp³-hybridized carbons (Fsp3) is 0.727. The van der Waals surface area contributed by atoms with Gasteiger partial charge in [-0.25, -0.2) is 0 Å². The van der Waals surface area contributed by atoms with Crippen molar-refractivity contribution in [3.63, 3.8) is 0 Å². The quantitative estimate of drug-likeness (QED) is 0.851. The Morgan fingerprint density at radius 2 is 2.12 bits per heavy atom. The second kappa shape index (κ2) is 5.66. The van der Waals surface area contributed by atoms with Crippen LogP contribution in [0, 0.1) is 6.92 Å². The van der Waals surface area contributed by atoms with E-state index in [4.69, 9.17) is 11.6 Å². The molecule has 92 valence electrons. The van der Waals surface area contributed by atoms with E-state index < -0.39 is 0 Å². The highest BCUT2D eigenvalue weighted by Gasteiger charge is 2.11. The van der Waals surface area contributed by atoms with E-state index in [1.165, 1.54) is 0 Å². The minimum Gasteiger partial charge on any atom is -0.308 e. The zero-order valence-electron chi connectivity index (χ0n) is 10.7. The van der Waals surface area contributed by atoms with E-state index in [1.54, 1.807) is 0 Å². The van der Waals surface area contributed by atoms with Crippen LogP contribution in [0.5, 0.6) is 0 Å². The van der Waals surface area contributed by atoms with Crippen LogP contribution >= 0.6 is 11.6 Å². The van der Waals surface area contributed by atoms with Crippen LogP contribution in [0.2, 0.25) is 5.02 Å². The molecule has 1 atom stereocenters. The molecule has 1 N–H and O–H groups in total. The average Bonchev–Trinajstić information content (AvgIpc) is 2.38. The second-order valence-electron chi connectivity index (χ2n) is 4.51. The molecule has 1 aromatic heterocycles. The highest BCUT2D eigenvalue weighted by Crippen LogP contribution is 2.18. The van der Waals surface area contributed by atoms with Crippen LogP contribution in [-0.2, 0) is 13.6 Å². The summed E-state index contributed by atoms with van der Waals surface area (Å²) in [5, 5.41) is 8.49. The zero-order valence-corrected chi connectivity index (χ0v) is 11.5. The van der Waals surface area contributed by atoms with Crippen molar-refractivity contribution < 1.29 is 0 Å². The molecule has 1 heterocycles. The molecule has 0 aliphatic carbocycles. The third-order valence-electron chi connectivity index (χ3n) is 2.52. The molecule has 0 saturated carbocycles. The maximum absolute atomic E-state index is 6.17. The molecule has 0 saturated heterocycles. The predicted octanol–water partition coefficient (Wildman–Crippen LogP) is 1.42. The van der Waals surface area contributed by atoms with Gasteiger partial charge in [0, 0.05) is 26.2 Å². The molecule has 16 heavy (non-hydrogen) atoms. The fourth-order valence-electron chi connectivity index (χ4n) is 1.76. The van der Waals surface area contributed by atoms with Gasteiger partial charge in [-0.05, 0) is 27.9 Å². The van der Waals surface area contributed by atoms with Gasteiger partial charge in [0.2, 0.25) is 0 Å². The molecule has 4 nitrogen and oxygen atoms in total. The van der Waals surface area contributed by atoms with E-state index >= 15 is 0 Å². The van der Waals surface area contributed by atoms with E-state index in [1.807, 2.05) is 18.7 Å². The first-order valence-electron chi connectivity index (χ1n) is 5.48. The van der Waals surface area contributed by atoms with Crippen LogP contribution in [0.4, 0.5) is 0 Å². The number of hydrogen-bond acceptors (Lipinski definition) is 3. The van der Waals surface area contributed by atoms with E-state index in [9.17, 15) is 0 Å². The van der Waals surface area contributed by atoms with Gasteiger partial charge in [-0.3, -0.25) is 4.68 Å². The molecule has 5 heteroatoms. The summed E-state index contributed by atoms with van der Waals surface area (Å²) >= 11 is 6.17. The maximum atomic E-state index is 6.17. The van der Waals surface area contributed by atoms with E-state index in [0.717, 1.165) is 29.5 Å². The number of nitrogens with one attached hydrogen (secondary N) is 1. The van der Waals surface area contributed by atoms with Crippen molar-refractivity contribution in [3.05, 3.63) is 16.4 Å². The number of likely N-dealkylation sites (N-methyl/N-ethyl adjacent to an activating group) is 1. The Morgan fingerprint density at radius 1 is 1.50 bits per heavy atom. The molecule has 0 fully saturated rings. The Labute approximate surface area is 103 Å². The number of nitrogens with zero attached hydrogens (tertiary/aromatic N) is 3. The molecule has 1 aromatic rings. The summed E-state index contributed by atoms with van der Waals surface area (Å²) in [6, 6.07) is 0.432. The van der Waals surface area contributed by atoms with Crippen LogP contribution in [0.1, 0.15) is 18.3 Å². The van der Waals surface area contributed by atoms with Gasteiger partial charge < -0.3 is 10.2 Å². The summed E-state index contributed by atoms with van der Waals surface area (Å²) in [5.41, 5.74) is 1.94. The predicted molar refractivity (Wildman–Crippen MR) is 67.8 cm³/mol. The standard InChI is InChI=1S/C11H21ClN4/c1-8(7-15(3)4)13-6-10-11(12)9(2)14-16(10)5/h8,13H,6-7H2,1-5H3. The minimum absolute atomic E-state index is 0.432. The second-order valence-corrected chi connectivity index (χ2v) is 4.89. The SMILES string of the molecule is Cc1nn(C)c(CNC(C)CN(C)C)c1Cl. The van der Waals surface area contributed by atoms with Crippen molar-refractivity contribution in [1.82, 2.24) is 20.0 Å². The number of aryl methyl sites for hydroxylation is 2. The maximum Gasteiger partial charge on any atom is 0.0860 e. The molecule has 0 spiro atoms. The van der Waals surface area contributed by atoms with Crippen LogP contribution in [0.25, 0.3) is 0 Å². The highest BCUT2D eigenvalue weighted by molar-refractivity contribution is 6.31. The highest BCUT2D eigenvalue weighted by atomic mass is 35.5. The van der Waals surface area contributed by atoms with Crippen molar-refractivity contribution >= 4 is 11.6 Å². The summed E-state index contributed by atoms with van der Waals surface area (Å²) in [6.45, 7) is 5.85. The Balaban J connectivity index is 2.54. The van der Waals surface area contributed by atoms with Gasteiger partial charge in [0.15, 0.2) is 0 Å². The van der Waals surface area contributed by atoms with Crippen LogP contribution in [0.15, 0.2) is 0 Å². The van der Waals surface area contributed by atoms with Crippen molar-refractivity contribution in [1.29, 1.82) is 0 Å². The first kappa shape index (κ1) is 13.5. The largest absolute Gasteiger partial charge is 0.308 e. The number of halogens is 1. The summed E-state index contributed by atoms with van der Waals surface area (Å²) < 4.78 is 1.84. The third kappa shape index (κ3) is 3.47. The van der Waals surface area contributed by atoms with Crippen molar-refractivity contribution in [3.8, 4) is 0 Å². The molecular weight excluding hydrogens is 224 g/mol. The molecular formula is C11H21ClN4. The smallest absolute Gasteiger partial charge is 0.0860 e. The van der Waals surface area contributed by atoms with E-state index in [2.05, 4.69) is 36.3 Å². The summed E-state index contributed by atoms with van der Waals surface area (Å²) in [4.78, 5) is 2.16. The molecule has 0 aliphatic heterocycles. The topological polar surface area (TPSA) is 33.1 Å². The Bertz CT molecular complexity index is 346. The van der Waals surface area contributed by atoms with Gasteiger partial charge >= 0.3 is 0 Å². The summed E-state index contributed by atoms with van der Waals surface area (Å²) in [5.74, 6) is 0. The van der Waals surface area contributed by atoms with Gasteiger partial charge in [0.25, 0.3) is 0 Å². The Kier molecular flexibility index (Phi) is 4.77. The molecule has 0 radical (unpaired) electrons. The van der Waals surface area contributed by atoms with Crippen LogP contribution < -0.4 is 5.32 Å². The molecule has 0 bridgehead atoms. The lowest BCUT2D eigenvalue weighted by molar-refractivity contribution is 0.347. The normalized spacial score (nSPS) is 13.4. The number of hydrogen-bond donors (Lipinski definition) is 1. The third-order valence-corrected chi connectivity index (χ3v) is 3.01. The van der Waals surface area contributed by atoms with Gasteiger partial charge in [0.05, 0.1) is 16.4 Å². The van der Waals surface area contributed by atoms with Crippen molar-refractivity contribution in [2.75, 3.05) is 20.6 Å². The molecule has 0 amide bonds. The van der Waals surface area contributed by atoms with Gasteiger partial charge in [-0.2, -0.15) is 5.10 Å². The monoisotopic (exact) mass is 244 g/mol. The van der Waals surface area contributed by atoms with Crippen LogP contribution in [-0.4, -0.2) is 41.4 Å². The Hall–Kier alpha value is -0.580. The molecule has 0 aromatic carbocycles. The van der Waals surface area contributed by atoms with Gasteiger partial charge in [-0.1, -0.05) is 11.6 Å². The lowest BCUT2D eigenvalue weighted by Gasteiger charge is -2.18. The first-order valence-corrected chi connectivity index (χ1v) is 5.85. The first-order chi connectivity index (χ1) is 7.41. The molecule has 1 unspecified atom stereocenters. The van der Waals surface area contributed by atoms with Gasteiger partial charge in [0.1, 0.15) is 0 Å². The summed E-state index contributed by atoms with van der Waals surface area (Å²) in [6.07, 6.45) is 0. The number of aromatic nitrogens is 2. The average molecular weight is 245 g/mol. The molecule has 1 rings (SSSR count). The van der Waals surface area contributed by atoms with E-state index in [0.29, 0.717) is 6.04 Å². The van der Waals surface area contributed by atoms with Crippen molar-refractivity contribution in [2.24, 2.45) is 7.05 Å². The minimum atomic E-state index is 0.432. The summed E-state index contributed by atoms with van der Waals surface area (Å²) in [7, 11) is 6.06. The molecule has 0 aliphatic rings. The van der Waals surface area contributed by atoms with Crippen LogP contribution in [0.3, 0.4) is 0 Å². The zero-order chi connectivity index (χ0) is 12.3. The fourth-order valence-corrected chi connectivity index (χ4v) is 1.98.